The number of ether oxygens (including phenoxy) is 1. The number of nitrogens with one attached hydrogen (secondary N) is 1. The van der Waals surface area contributed by atoms with Crippen LogP contribution in [0.2, 0.25) is 0 Å². The van der Waals surface area contributed by atoms with Crippen LogP contribution in [0.3, 0.4) is 0 Å². The number of furan rings is 1. The van der Waals surface area contributed by atoms with Gasteiger partial charge < -0.3 is 19.4 Å². The summed E-state index contributed by atoms with van der Waals surface area (Å²) in [6.07, 6.45) is 1.65. The third-order valence-corrected chi connectivity index (χ3v) is 3.99. The molecular formula is C17H21FN2O2. The summed E-state index contributed by atoms with van der Waals surface area (Å²) < 4.78 is 25.0. The van der Waals surface area contributed by atoms with E-state index < -0.39 is 0 Å². The zero-order valence-electron chi connectivity index (χ0n) is 12.7. The molecule has 0 unspecified atom stereocenters. The molecule has 1 atom stereocenters. The summed E-state index contributed by atoms with van der Waals surface area (Å²) in [4.78, 5) is 2.03. The zero-order valence-corrected chi connectivity index (χ0v) is 12.7. The lowest BCUT2D eigenvalue weighted by molar-refractivity contribution is 0.122. The van der Waals surface area contributed by atoms with Crippen LogP contribution in [0.4, 0.5) is 10.1 Å². The van der Waals surface area contributed by atoms with Gasteiger partial charge in [0.05, 0.1) is 31.7 Å². The SMILES string of the molecule is C[C@H](NCc1ccco1)c1ccc(N2CCOCC2)c(F)c1. The number of hydrogen-bond acceptors (Lipinski definition) is 4. The molecule has 3 rings (SSSR count). The molecule has 4 nitrogen and oxygen atoms in total. The monoisotopic (exact) mass is 304 g/mol. The second-order valence-electron chi connectivity index (χ2n) is 5.49. The van der Waals surface area contributed by atoms with Crippen molar-refractivity contribution in [2.45, 2.75) is 19.5 Å². The first-order valence-corrected chi connectivity index (χ1v) is 7.62. The van der Waals surface area contributed by atoms with Gasteiger partial charge in [0.1, 0.15) is 11.6 Å². The van der Waals surface area contributed by atoms with E-state index in [1.807, 2.05) is 36.1 Å². The minimum atomic E-state index is -0.175. The van der Waals surface area contributed by atoms with Crippen LogP contribution in [0.25, 0.3) is 0 Å². The topological polar surface area (TPSA) is 37.6 Å². The number of nitrogens with zero attached hydrogens (tertiary/aromatic N) is 1. The van der Waals surface area contributed by atoms with Crippen molar-refractivity contribution < 1.29 is 13.5 Å². The second-order valence-corrected chi connectivity index (χ2v) is 5.49. The summed E-state index contributed by atoms with van der Waals surface area (Å²) in [6.45, 7) is 5.43. The molecule has 5 heteroatoms. The molecule has 1 N–H and O–H groups in total. The maximum absolute atomic E-state index is 14.4. The van der Waals surface area contributed by atoms with E-state index in [0.29, 0.717) is 25.4 Å². The highest BCUT2D eigenvalue weighted by atomic mass is 19.1. The minimum Gasteiger partial charge on any atom is -0.468 e. The van der Waals surface area contributed by atoms with Gasteiger partial charge in [-0.2, -0.15) is 0 Å². The third-order valence-electron chi connectivity index (χ3n) is 3.99. The van der Waals surface area contributed by atoms with Gasteiger partial charge in [-0.25, -0.2) is 4.39 Å². The van der Waals surface area contributed by atoms with Crippen molar-refractivity contribution in [3.8, 4) is 0 Å². The van der Waals surface area contributed by atoms with Gasteiger partial charge in [-0.15, -0.1) is 0 Å². The van der Waals surface area contributed by atoms with Crippen LogP contribution in [0.15, 0.2) is 41.0 Å². The predicted molar refractivity (Wildman–Crippen MR) is 83.4 cm³/mol. The molecule has 0 amide bonds. The number of rotatable bonds is 5. The summed E-state index contributed by atoms with van der Waals surface area (Å²) >= 11 is 0. The van der Waals surface area contributed by atoms with E-state index >= 15 is 0 Å². The van der Waals surface area contributed by atoms with E-state index in [2.05, 4.69) is 5.32 Å². The lowest BCUT2D eigenvalue weighted by atomic mass is 10.1. The molecule has 1 fully saturated rings. The van der Waals surface area contributed by atoms with E-state index in [0.717, 1.165) is 24.4 Å². The first-order valence-electron chi connectivity index (χ1n) is 7.62. The summed E-state index contributed by atoms with van der Waals surface area (Å²) in [5, 5.41) is 3.33. The smallest absolute Gasteiger partial charge is 0.146 e. The fourth-order valence-electron chi connectivity index (χ4n) is 2.64. The van der Waals surface area contributed by atoms with Crippen LogP contribution in [0.1, 0.15) is 24.3 Å². The molecular weight excluding hydrogens is 283 g/mol. The number of hydrogen-bond donors (Lipinski definition) is 1. The number of halogens is 1. The maximum atomic E-state index is 14.4. The lowest BCUT2D eigenvalue weighted by Gasteiger charge is -2.29. The normalized spacial score (nSPS) is 16.7. The average Bonchev–Trinajstić information content (AvgIpc) is 3.07. The fourth-order valence-corrected chi connectivity index (χ4v) is 2.64. The van der Waals surface area contributed by atoms with Gasteiger partial charge in [-0.05, 0) is 36.8 Å². The second kappa shape index (κ2) is 6.94. The predicted octanol–water partition coefficient (Wildman–Crippen LogP) is 3.11. The number of benzene rings is 1. The first kappa shape index (κ1) is 15.1. The largest absolute Gasteiger partial charge is 0.468 e. The Hall–Kier alpha value is -1.85. The maximum Gasteiger partial charge on any atom is 0.146 e. The molecule has 0 spiro atoms. The van der Waals surface area contributed by atoms with Crippen molar-refractivity contribution in [1.29, 1.82) is 0 Å². The lowest BCUT2D eigenvalue weighted by Crippen LogP contribution is -2.36. The van der Waals surface area contributed by atoms with Crippen LogP contribution < -0.4 is 10.2 Å². The molecule has 1 aromatic heterocycles. The summed E-state index contributed by atoms with van der Waals surface area (Å²) in [5.41, 5.74) is 1.59. The molecule has 2 heterocycles. The molecule has 0 aliphatic carbocycles. The Bertz CT molecular complexity index is 595. The quantitative estimate of drug-likeness (QED) is 0.921. The van der Waals surface area contributed by atoms with Crippen molar-refractivity contribution in [3.05, 3.63) is 53.7 Å². The Morgan fingerprint density at radius 3 is 2.77 bits per heavy atom. The van der Waals surface area contributed by atoms with Gasteiger partial charge in [-0.1, -0.05) is 6.07 Å². The molecule has 22 heavy (non-hydrogen) atoms. The van der Waals surface area contributed by atoms with Crippen molar-refractivity contribution in [3.63, 3.8) is 0 Å². The van der Waals surface area contributed by atoms with E-state index in [-0.39, 0.29) is 11.9 Å². The van der Waals surface area contributed by atoms with Crippen molar-refractivity contribution in [2.75, 3.05) is 31.2 Å². The highest BCUT2D eigenvalue weighted by Crippen LogP contribution is 2.24. The molecule has 1 saturated heterocycles. The van der Waals surface area contributed by atoms with Gasteiger partial charge in [0.15, 0.2) is 0 Å². The Balaban J connectivity index is 1.65. The summed E-state index contributed by atoms with van der Waals surface area (Å²) in [6, 6.07) is 9.29. The first-order chi connectivity index (χ1) is 10.7. The fraction of sp³-hybridized carbons (Fsp3) is 0.412. The van der Waals surface area contributed by atoms with Crippen molar-refractivity contribution in [1.82, 2.24) is 5.32 Å². The van der Waals surface area contributed by atoms with Crippen LogP contribution in [-0.2, 0) is 11.3 Å². The number of morpholine rings is 1. The Labute approximate surface area is 129 Å². The van der Waals surface area contributed by atoms with Gasteiger partial charge in [-0.3, -0.25) is 0 Å². The van der Waals surface area contributed by atoms with E-state index in [1.165, 1.54) is 0 Å². The molecule has 0 saturated carbocycles. The van der Waals surface area contributed by atoms with Crippen LogP contribution in [-0.4, -0.2) is 26.3 Å². The number of anilines is 1. The van der Waals surface area contributed by atoms with Gasteiger partial charge in [0.25, 0.3) is 0 Å². The van der Waals surface area contributed by atoms with E-state index in [1.54, 1.807) is 12.3 Å². The third kappa shape index (κ3) is 3.48. The highest BCUT2D eigenvalue weighted by Gasteiger charge is 2.16. The van der Waals surface area contributed by atoms with E-state index in [4.69, 9.17) is 9.15 Å². The van der Waals surface area contributed by atoms with Gasteiger partial charge >= 0.3 is 0 Å². The van der Waals surface area contributed by atoms with Crippen LogP contribution in [0.5, 0.6) is 0 Å². The Kier molecular flexibility index (Phi) is 4.75. The standard InChI is InChI=1S/C17H21FN2O2/c1-13(19-12-15-3-2-8-22-15)14-4-5-17(16(18)11-14)20-6-9-21-10-7-20/h2-5,8,11,13,19H,6-7,9-10,12H2,1H3/t13-/m0/s1. The van der Waals surface area contributed by atoms with Crippen LogP contribution >= 0.6 is 0 Å². The van der Waals surface area contributed by atoms with Gasteiger partial charge in [0, 0.05) is 19.1 Å². The molecule has 0 bridgehead atoms. The van der Waals surface area contributed by atoms with E-state index in [9.17, 15) is 4.39 Å². The highest BCUT2D eigenvalue weighted by molar-refractivity contribution is 5.49. The minimum absolute atomic E-state index is 0.0540. The molecule has 1 aliphatic rings. The van der Waals surface area contributed by atoms with Crippen LogP contribution in [0, 0.1) is 5.82 Å². The summed E-state index contributed by atoms with van der Waals surface area (Å²) in [7, 11) is 0. The molecule has 2 aromatic rings. The zero-order chi connectivity index (χ0) is 15.4. The van der Waals surface area contributed by atoms with Crippen molar-refractivity contribution >= 4 is 5.69 Å². The van der Waals surface area contributed by atoms with Gasteiger partial charge in [0.2, 0.25) is 0 Å². The Morgan fingerprint density at radius 2 is 2.09 bits per heavy atom. The molecule has 118 valence electrons. The molecule has 0 radical (unpaired) electrons. The molecule has 1 aromatic carbocycles. The Morgan fingerprint density at radius 1 is 1.27 bits per heavy atom. The average molecular weight is 304 g/mol. The molecule has 1 aliphatic heterocycles. The van der Waals surface area contributed by atoms with Crippen molar-refractivity contribution in [2.24, 2.45) is 0 Å². The summed E-state index contributed by atoms with van der Waals surface area (Å²) in [5.74, 6) is 0.698.